The maximum absolute atomic E-state index is 11.0. The van der Waals surface area contributed by atoms with Crippen LogP contribution in [0.3, 0.4) is 0 Å². The first kappa shape index (κ1) is 12.4. The van der Waals surface area contributed by atoms with Gasteiger partial charge in [0.05, 0.1) is 13.2 Å². The van der Waals surface area contributed by atoms with Crippen LogP contribution < -0.4 is 5.73 Å². The number of carbonyl (C=O) groups excluding carboxylic acids is 1. The summed E-state index contributed by atoms with van der Waals surface area (Å²) in [4.78, 5) is 13.3. The van der Waals surface area contributed by atoms with Gasteiger partial charge in [0, 0.05) is 26.2 Å². The number of carbonyl (C=O) groups is 1. The molecule has 1 aliphatic heterocycles. The number of hydrogen-bond donors (Lipinski definition) is 1. The summed E-state index contributed by atoms with van der Waals surface area (Å²) < 4.78 is 10.5. The van der Waals surface area contributed by atoms with Crippen molar-refractivity contribution in [1.82, 2.24) is 4.90 Å². The third kappa shape index (κ3) is 4.59. The molecule has 0 saturated carbocycles. The van der Waals surface area contributed by atoms with Gasteiger partial charge in [0.25, 0.3) is 0 Å². The summed E-state index contributed by atoms with van der Waals surface area (Å²) in [5, 5.41) is 0. The predicted octanol–water partition coefficient (Wildman–Crippen LogP) is -0.401. The molecule has 5 heteroatoms. The molecule has 1 rings (SSSR count). The van der Waals surface area contributed by atoms with Gasteiger partial charge in [-0.3, -0.25) is 9.69 Å². The minimum atomic E-state index is -0.446. The molecule has 1 fully saturated rings. The Morgan fingerprint density at radius 1 is 1.53 bits per heavy atom. The van der Waals surface area contributed by atoms with Gasteiger partial charge < -0.3 is 15.2 Å². The summed E-state index contributed by atoms with van der Waals surface area (Å²) in [6, 6.07) is 0. The van der Waals surface area contributed by atoms with Crippen molar-refractivity contribution in [1.29, 1.82) is 0 Å². The van der Waals surface area contributed by atoms with Crippen LogP contribution >= 0.6 is 0 Å². The molecule has 0 aromatic carbocycles. The highest BCUT2D eigenvalue weighted by atomic mass is 16.5. The second kappa shape index (κ2) is 6.76. The molecule has 88 valence electrons. The van der Waals surface area contributed by atoms with Crippen molar-refractivity contribution in [3.05, 3.63) is 0 Å². The molecule has 0 aromatic rings. The first-order valence-corrected chi connectivity index (χ1v) is 5.45. The van der Waals surface area contributed by atoms with Crippen LogP contribution in [-0.2, 0) is 14.3 Å². The van der Waals surface area contributed by atoms with E-state index in [0.29, 0.717) is 13.0 Å². The van der Waals surface area contributed by atoms with Gasteiger partial charge in [-0.15, -0.1) is 0 Å². The van der Waals surface area contributed by atoms with Gasteiger partial charge >= 0.3 is 0 Å². The fourth-order valence-corrected chi connectivity index (χ4v) is 1.63. The number of amides is 1. The van der Waals surface area contributed by atoms with E-state index in [4.69, 9.17) is 15.2 Å². The van der Waals surface area contributed by atoms with E-state index in [-0.39, 0.29) is 5.91 Å². The molecule has 0 bridgehead atoms. The van der Waals surface area contributed by atoms with E-state index in [1.807, 2.05) is 6.92 Å². The maximum atomic E-state index is 11.0. The summed E-state index contributed by atoms with van der Waals surface area (Å²) in [5.74, 6) is -0.370. The van der Waals surface area contributed by atoms with Crippen LogP contribution in [0.1, 0.15) is 13.3 Å². The van der Waals surface area contributed by atoms with Crippen LogP contribution in [0.2, 0.25) is 0 Å². The molecule has 0 aliphatic carbocycles. The lowest BCUT2D eigenvalue weighted by molar-refractivity contribution is -0.130. The average molecular weight is 216 g/mol. The van der Waals surface area contributed by atoms with Crippen molar-refractivity contribution in [2.24, 2.45) is 5.73 Å². The van der Waals surface area contributed by atoms with Crippen molar-refractivity contribution in [3.63, 3.8) is 0 Å². The fourth-order valence-electron chi connectivity index (χ4n) is 1.63. The van der Waals surface area contributed by atoms with Crippen LogP contribution in [-0.4, -0.2) is 56.4 Å². The molecular formula is C10H20N2O3. The highest BCUT2D eigenvalue weighted by Gasteiger charge is 2.17. The van der Waals surface area contributed by atoms with Gasteiger partial charge in [-0.25, -0.2) is 0 Å². The normalized spacial score (nSPS) is 20.1. The molecule has 1 atom stereocenters. The molecule has 1 unspecified atom stereocenters. The van der Waals surface area contributed by atoms with Crippen molar-refractivity contribution >= 4 is 5.91 Å². The molecule has 1 amide bonds. The van der Waals surface area contributed by atoms with E-state index >= 15 is 0 Å². The van der Waals surface area contributed by atoms with Crippen LogP contribution in [0.5, 0.6) is 0 Å². The third-order valence-electron chi connectivity index (χ3n) is 2.50. The maximum Gasteiger partial charge on any atom is 0.246 e. The number of nitrogens with zero attached hydrogens (tertiary/aromatic N) is 1. The van der Waals surface area contributed by atoms with E-state index in [0.717, 1.165) is 32.8 Å². The van der Waals surface area contributed by atoms with E-state index in [2.05, 4.69) is 4.90 Å². The van der Waals surface area contributed by atoms with E-state index in [9.17, 15) is 4.79 Å². The summed E-state index contributed by atoms with van der Waals surface area (Å²) >= 11 is 0. The summed E-state index contributed by atoms with van der Waals surface area (Å²) in [6.07, 6.45) is 0.223. The van der Waals surface area contributed by atoms with Crippen molar-refractivity contribution < 1.29 is 14.3 Å². The molecule has 5 nitrogen and oxygen atoms in total. The number of rotatable bonds is 6. The van der Waals surface area contributed by atoms with Crippen molar-refractivity contribution in [2.45, 2.75) is 19.4 Å². The van der Waals surface area contributed by atoms with Crippen LogP contribution in [0.25, 0.3) is 0 Å². The standard InChI is InChI=1S/C10H20N2O3/c1-2-15-9(10(11)13)3-4-12-5-7-14-8-6-12/h9H,2-8H2,1H3,(H2,11,13). The third-order valence-corrected chi connectivity index (χ3v) is 2.50. The Bertz CT molecular complexity index is 193. The number of nitrogens with two attached hydrogens (primary N) is 1. The topological polar surface area (TPSA) is 64.8 Å². The monoisotopic (exact) mass is 216 g/mol. The molecule has 0 radical (unpaired) electrons. The Hall–Kier alpha value is -0.650. The van der Waals surface area contributed by atoms with Gasteiger partial charge in [-0.2, -0.15) is 0 Å². The molecule has 1 heterocycles. The van der Waals surface area contributed by atoms with Crippen molar-refractivity contribution in [3.8, 4) is 0 Å². The zero-order valence-corrected chi connectivity index (χ0v) is 9.28. The predicted molar refractivity (Wildman–Crippen MR) is 56.5 cm³/mol. The molecule has 0 aromatic heterocycles. The Morgan fingerprint density at radius 2 is 2.20 bits per heavy atom. The Morgan fingerprint density at radius 3 is 2.73 bits per heavy atom. The minimum absolute atomic E-state index is 0.370. The molecule has 15 heavy (non-hydrogen) atoms. The SMILES string of the molecule is CCOC(CCN1CCOCC1)C(N)=O. The Balaban J connectivity index is 2.22. The summed E-state index contributed by atoms with van der Waals surface area (Å²) in [6.45, 7) is 6.64. The van der Waals surface area contributed by atoms with Gasteiger partial charge in [-0.1, -0.05) is 0 Å². The minimum Gasteiger partial charge on any atom is -0.379 e. The quantitative estimate of drug-likeness (QED) is 0.656. The fraction of sp³-hybridized carbons (Fsp3) is 0.900. The largest absolute Gasteiger partial charge is 0.379 e. The first-order chi connectivity index (χ1) is 7.24. The van der Waals surface area contributed by atoms with Gasteiger partial charge in [0.15, 0.2) is 0 Å². The lowest BCUT2D eigenvalue weighted by atomic mass is 10.2. The Labute approximate surface area is 90.5 Å². The van der Waals surface area contributed by atoms with Gasteiger partial charge in [-0.05, 0) is 13.3 Å². The number of hydrogen-bond acceptors (Lipinski definition) is 4. The smallest absolute Gasteiger partial charge is 0.246 e. The van der Waals surface area contributed by atoms with E-state index in [1.54, 1.807) is 0 Å². The molecule has 1 aliphatic rings. The highest BCUT2D eigenvalue weighted by molar-refractivity contribution is 5.78. The van der Waals surface area contributed by atoms with E-state index < -0.39 is 6.10 Å². The lowest BCUT2D eigenvalue weighted by Crippen LogP contribution is -2.40. The zero-order chi connectivity index (χ0) is 11.1. The summed E-state index contributed by atoms with van der Waals surface area (Å²) in [5.41, 5.74) is 5.23. The van der Waals surface area contributed by atoms with Gasteiger partial charge in [0.2, 0.25) is 5.91 Å². The van der Waals surface area contributed by atoms with E-state index in [1.165, 1.54) is 0 Å². The zero-order valence-electron chi connectivity index (χ0n) is 9.28. The second-order valence-electron chi connectivity index (χ2n) is 3.59. The van der Waals surface area contributed by atoms with Crippen LogP contribution in [0.15, 0.2) is 0 Å². The molecule has 2 N–H and O–H groups in total. The molecular weight excluding hydrogens is 196 g/mol. The molecule has 0 spiro atoms. The summed E-state index contributed by atoms with van der Waals surface area (Å²) in [7, 11) is 0. The number of primary amides is 1. The van der Waals surface area contributed by atoms with Gasteiger partial charge in [0.1, 0.15) is 6.10 Å². The number of ether oxygens (including phenoxy) is 2. The molecule has 1 saturated heterocycles. The second-order valence-corrected chi connectivity index (χ2v) is 3.59. The first-order valence-electron chi connectivity index (χ1n) is 5.45. The lowest BCUT2D eigenvalue weighted by Gasteiger charge is -2.27. The number of morpholine rings is 1. The van der Waals surface area contributed by atoms with Crippen LogP contribution in [0.4, 0.5) is 0 Å². The van der Waals surface area contributed by atoms with Crippen LogP contribution in [0, 0.1) is 0 Å². The highest BCUT2D eigenvalue weighted by Crippen LogP contribution is 2.03. The average Bonchev–Trinajstić information content (AvgIpc) is 2.25. The Kier molecular flexibility index (Phi) is 5.60. The van der Waals surface area contributed by atoms with Crippen molar-refractivity contribution in [2.75, 3.05) is 39.5 Å².